The van der Waals surface area contributed by atoms with Gasteiger partial charge in [0.05, 0.1) is 17.9 Å². The van der Waals surface area contributed by atoms with E-state index < -0.39 is 0 Å². The van der Waals surface area contributed by atoms with E-state index in [0.29, 0.717) is 13.1 Å². The number of para-hydroxylation sites is 1. The molecule has 7 heteroatoms. The zero-order valence-electron chi connectivity index (χ0n) is 16.8. The monoisotopic (exact) mass is 380 g/mol. The summed E-state index contributed by atoms with van der Waals surface area (Å²) in [6, 6.07) is 10.1. The molecular formula is C21H28N6O. The molecule has 0 saturated carbocycles. The third kappa shape index (κ3) is 4.60. The lowest BCUT2D eigenvalue weighted by molar-refractivity contribution is 0.380. The number of rotatable bonds is 8. The Morgan fingerprint density at radius 3 is 2.68 bits per heavy atom. The van der Waals surface area contributed by atoms with E-state index >= 15 is 0 Å². The number of benzene rings is 1. The average Bonchev–Trinajstić information content (AvgIpc) is 3.39. The fraction of sp³-hybridized carbons (Fsp3) is 0.381. The maximum absolute atomic E-state index is 5.45. The minimum Gasteiger partial charge on any atom is -0.361 e. The predicted octanol–water partition coefficient (Wildman–Crippen LogP) is 3.24. The van der Waals surface area contributed by atoms with Crippen molar-refractivity contribution in [1.29, 1.82) is 0 Å². The molecule has 0 amide bonds. The summed E-state index contributed by atoms with van der Waals surface area (Å²) in [6.07, 6.45) is 5.40. The van der Waals surface area contributed by atoms with Gasteiger partial charge in [0, 0.05) is 37.5 Å². The van der Waals surface area contributed by atoms with Crippen molar-refractivity contribution in [2.24, 2.45) is 4.99 Å². The van der Waals surface area contributed by atoms with Gasteiger partial charge >= 0.3 is 0 Å². The molecule has 0 radical (unpaired) electrons. The first-order valence-electron chi connectivity index (χ1n) is 9.83. The molecule has 2 aromatic heterocycles. The highest BCUT2D eigenvalue weighted by Crippen LogP contribution is 2.16. The Labute approximate surface area is 165 Å². The van der Waals surface area contributed by atoms with Gasteiger partial charge in [-0.25, -0.2) is 9.67 Å². The summed E-state index contributed by atoms with van der Waals surface area (Å²) in [5.74, 6) is 1.70. The van der Waals surface area contributed by atoms with E-state index in [9.17, 15) is 0 Å². The van der Waals surface area contributed by atoms with Crippen molar-refractivity contribution in [1.82, 2.24) is 25.6 Å². The molecule has 1 aromatic carbocycles. The van der Waals surface area contributed by atoms with Crippen LogP contribution in [0.25, 0.3) is 5.69 Å². The lowest BCUT2D eigenvalue weighted by Gasteiger charge is -2.13. The molecule has 0 bridgehead atoms. The van der Waals surface area contributed by atoms with Crippen LogP contribution in [0, 0.1) is 0 Å². The number of nitrogens with one attached hydrogen (secondary N) is 2. The topological polar surface area (TPSA) is 80.3 Å². The maximum atomic E-state index is 5.45. The Kier molecular flexibility index (Phi) is 6.84. The van der Waals surface area contributed by atoms with Crippen LogP contribution in [0.5, 0.6) is 0 Å². The van der Waals surface area contributed by atoms with Gasteiger partial charge in [-0.1, -0.05) is 37.2 Å². The zero-order chi connectivity index (χ0) is 19.8. The second-order valence-electron chi connectivity index (χ2n) is 6.37. The molecule has 2 N–H and O–H groups in total. The van der Waals surface area contributed by atoms with Gasteiger partial charge in [-0.3, -0.25) is 0 Å². The van der Waals surface area contributed by atoms with E-state index in [1.807, 2.05) is 29.1 Å². The summed E-state index contributed by atoms with van der Waals surface area (Å²) >= 11 is 0. The highest BCUT2D eigenvalue weighted by atomic mass is 16.5. The molecule has 0 unspecified atom stereocenters. The highest BCUT2D eigenvalue weighted by molar-refractivity contribution is 5.79. The van der Waals surface area contributed by atoms with Gasteiger partial charge in [-0.05, 0) is 31.0 Å². The summed E-state index contributed by atoms with van der Waals surface area (Å²) in [7, 11) is 0. The van der Waals surface area contributed by atoms with Crippen molar-refractivity contribution in [3.8, 4) is 5.69 Å². The number of aromatic nitrogens is 3. The van der Waals surface area contributed by atoms with Gasteiger partial charge in [0.15, 0.2) is 5.96 Å². The maximum Gasteiger partial charge on any atom is 0.191 e. The fourth-order valence-corrected chi connectivity index (χ4v) is 3.10. The van der Waals surface area contributed by atoms with Crippen LogP contribution >= 0.6 is 0 Å². The molecule has 0 aliphatic heterocycles. The summed E-state index contributed by atoms with van der Waals surface area (Å²) in [4.78, 5) is 4.77. The first kappa shape index (κ1) is 19.7. The van der Waals surface area contributed by atoms with E-state index in [1.165, 1.54) is 0 Å². The van der Waals surface area contributed by atoms with E-state index in [0.717, 1.165) is 53.6 Å². The van der Waals surface area contributed by atoms with Gasteiger partial charge in [0.25, 0.3) is 0 Å². The molecule has 2 heterocycles. The standard InChI is InChI=1S/C21H28N6O/c1-4-18-17(20(5-2)28-26-18)15-24-21(22-6-3)23-14-16-10-7-8-11-19(16)27-13-9-12-25-27/h7-13H,4-6,14-15H2,1-3H3,(H2,22,23,24). The van der Waals surface area contributed by atoms with Gasteiger partial charge < -0.3 is 15.2 Å². The molecule has 0 aliphatic rings. The Morgan fingerprint density at radius 1 is 1.11 bits per heavy atom. The van der Waals surface area contributed by atoms with Gasteiger partial charge in [-0.2, -0.15) is 5.10 Å². The van der Waals surface area contributed by atoms with Crippen molar-refractivity contribution in [3.63, 3.8) is 0 Å². The molecule has 0 aliphatic carbocycles. The van der Waals surface area contributed by atoms with Crippen molar-refractivity contribution in [3.05, 3.63) is 65.3 Å². The van der Waals surface area contributed by atoms with E-state index in [-0.39, 0.29) is 0 Å². The number of nitrogens with zero attached hydrogens (tertiary/aromatic N) is 4. The van der Waals surface area contributed by atoms with Crippen LogP contribution in [0.15, 0.2) is 52.2 Å². The lowest BCUT2D eigenvalue weighted by atomic mass is 10.1. The van der Waals surface area contributed by atoms with Crippen molar-refractivity contribution in [2.75, 3.05) is 6.54 Å². The van der Waals surface area contributed by atoms with Crippen molar-refractivity contribution < 1.29 is 4.52 Å². The number of hydrogen-bond acceptors (Lipinski definition) is 4. The van der Waals surface area contributed by atoms with Crippen LogP contribution in [0.4, 0.5) is 0 Å². The second-order valence-corrected chi connectivity index (χ2v) is 6.37. The van der Waals surface area contributed by atoms with E-state index in [4.69, 9.17) is 9.52 Å². The van der Waals surface area contributed by atoms with Crippen LogP contribution in [-0.4, -0.2) is 27.4 Å². The molecule has 3 aromatic rings. The summed E-state index contributed by atoms with van der Waals surface area (Å²) in [5.41, 5.74) is 4.28. The Morgan fingerprint density at radius 2 is 1.96 bits per heavy atom. The number of guanidine groups is 1. The second kappa shape index (κ2) is 9.73. The summed E-state index contributed by atoms with van der Waals surface area (Å²) in [5, 5.41) is 15.2. The Bertz CT molecular complexity index is 876. The third-order valence-electron chi connectivity index (χ3n) is 4.53. The molecule has 0 spiro atoms. The largest absolute Gasteiger partial charge is 0.361 e. The Balaban J connectivity index is 1.75. The minimum absolute atomic E-state index is 0.552. The average molecular weight is 380 g/mol. The van der Waals surface area contributed by atoms with Crippen LogP contribution in [0.1, 0.15) is 43.4 Å². The van der Waals surface area contributed by atoms with Crippen LogP contribution in [0.2, 0.25) is 0 Å². The molecule has 0 atom stereocenters. The number of hydrogen-bond donors (Lipinski definition) is 2. The summed E-state index contributed by atoms with van der Waals surface area (Å²) < 4.78 is 7.32. The molecule has 0 fully saturated rings. The first-order valence-corrected chi connectivity index (χ1v) is 9.83. The predicted molar refractivity (Wildman–Crippen MR) is 110 cm³/mol. The van der Waals surface area contributed by atoms with Crippen LogP contribution in [0.3, 0.4) is 0 Å². The molecular weight excluding hydrogens is 352 g/mol. The number of aryl methyl sites for hydroxylation is 2. The molecule has 0 saturated heterocycles. The number of aliphatic imine (C=N–C) groups is 1. The summed E-state index contributed by atoms with van der Waals surface area (Å²) in [6.45, 7) is 8.21. The highest BCUT2D eigenvalue weighted by Gasteiger charge is 2.13. The normalized spacial score (nSPS) is 11.6. The SMILES string of the molecule is CCNC(=NCc1ccccc1-n1cccn1)NCc1c(CC)noc1CC. The first-order chi connectivity index (χ1) is 13.8. The van der Waals surface area contributed by atoms with Crippen LogP contribution < -0.4 is 10.6 Å². The minimum atomic E-state index is 0.552. The van der Waals surface area contributed by atoms with Gasteiger partial charge in [0.2, 0.25) is 0 Å². The van der Waals surface area contributed by atoms with Gasteiger partial charge in [0.1, 0.15) is 5.76 Å². The van der Waals surface area contributed by atoms with Crippen molar-refractivity contribution in [2.45, 2.75) is 46.7 Å². The van der Waals surface area contributed by atoms with Crippen molar-refractivity contribution >= 4 is 5.96 Å². The molecule has 28 heavy (non-hydrogen) atoms. The van der Waals surface area contributed by atoms with E-state index in [1.54, 1.807) is 6.20 Å². The Hall–Kier alpha value is -3.09. The third-order valence-corrected chi connectivity index (χ3v) is 4.53. The smallest absolute Gasteiger partial charge is 0.191 e. The lowest BCUT2D eigenvalue weighted by Crippen LogP contribution is -2.37. The zero-order valence-corrected chi connectivity index (χ0v) is 16.8. The van der Waals surface area contributed by atoms with Crippen LogP contribution in [-0.2, 0) is 25.9 Å². The fourth-order valence-electron chi connectivity index (χ4n) is 3.10. The molecule has 7 nitrogen and oxygen atoms in total. The quantitative estimate of drug-likeness (QED) is 0.463. The molecule has 3 rings (SSSR count). The van der Waals surface area contributed by atoms with Gasteiger partial charge in [-0.15, -0.1) is 0 Å². The molecule has 148 valence electrons. The van der Waals surface area contributed by atoms with E-state index in [2.05, 4.69) is 53.8 Å².